The van der Waals surface area contributed by atoms with Gasteiger partial charge in [-0.05, 0) is 24.6 Å². The molecule has 0 aliphatic carbocycles. The highest BCUT2D eigenvalue weighted by Gasteiger charge is 2.25. The van der Waals surface area contributed by atoms with Crippen molar-refractivity contribution in [3.8, 4) is 0 Å². The van der Waals surface area contributed by atoms with Crippen LogP contribution in [0.5, 0.6) is 0 Å². The summed E-state index contributed by atoms with van der Waals surface area (Å²) in [4.78, 5) is 4.49. The standard InChI is InChI=1S/C16H17N5/c1-16(11-17,12-7-3-2-4-8-12)19-15-18-13-9-5-6-10-14(13)20-21-15/h2-10H,11,17H2,1H3,(H,18,19,21). The van der Waals surface area contributed by atoms with Crippen LogP contribution in [0.25, 0.3) is 11.0 Å². The van der Waals surface area contributed by atoms with Crippen LogP contribution in [0.2, 0.25) is 0 Å². The van der Waals surface area contributed by atoms with Crippen LogP contribution >= 0.6 is 0 Å². The average molecular weight is 279 g/mol. The molecule has 0 radical (unpaired) electrons. The lowest BCUT2D eigenvalue weighted by Crippen LogP contribution is -2.40. The molecule has 0 bridgehead atoms. The monoisotopic (exact) mass is 279 g/mol. The van der Waals surface area contributed by atoms with Gasteiger partial charge in [0.05, 0.1) is 11.1 Å². The quantitative estimate of drug-likeness (QED) is 0.766. The number of nitrogens with one attached hydrogen (secondary N) is 1. The van der Waals surface area contributed by atoms with E-state index in [1.165, 1.54) is 0 Å². The molecule has 0 saturated heterocycles. The maximum atomic E-state index is 5.96. The molecule has 21 heavy (non-hydrogen) atoms. The van der Waals surface area contributed by atoms with Crippen LogP contribution in [-0.2, 0) is 5.54 Å². The fourth-order valence-corrected chi connectivity index (χ4v) is 2.23. The van der Waals surface area contributed by atoms with Crippen molar-refractivity contribution in [2.24, 2.45) is 5.73 Å². The SMILES string of the molecule is CC(CN)(Nc1nnc2ccccc2n1)c1ccccc1. The Kier molecular flexibility index (Phi) is 3.50. The Balaban J connectivity index is 1.95. The van der Waals surface area contributed by atoms with Crippen LogP contribution in [0.1, 0.15) is 12.5 Å². The Hall–Kier alpha value is -2.53. The van der Waals surface area contributed by atoms with Gasteiger partial charge in [-0.25, -0.2) is 4.98 Å². The summed E-state index contributed by atoms with van der Waals surface area (Å²) >= 11 is 0. The van der Waals surface area contributed by atoms with Crippen molar-refractivity contribution in [3.05, 3.63) is 60.2 Å². The molecular weight excluding hydrogens is 262 g/mol. The molecule has 3 aromatic rings. The number of aromatic nitrogens is 3. The van der Waals surface area contributed by atoms with E-state index in [0.717, 1.165) is 16.6 Å². The topological polar surface area (TPSA) is 76.7 Å². The van der Waals surface area contributed by atoms with Gasteiger partial charge in [-0.15, -0.1) is 10.2 Å². The third kappa shape index (κ3) is 2.68. The van der Waals surface area contributed by atoms with Crippen LogP contribution in [0, 0.1) is 0 Å². The largest absolute Gasteiger partial charge is 0.342 e. The predicted octanol–water partition coefficient (Wildman–Crippen LogP) is 2.31. The fraction of sp³-hybridized carbons (Fsp3) is 0.188. The van der Waals surface area contributed by atoms with Crippen LogP contribution in [0.4, 0.5) is 5.95 Å². The summed E-state index contributed by atoms with van der Waals surface area (Å²) in [5.74, 6) is 0.477. The number of hydrogen-bond donors (Lipinski definition) is 2. The number of hydrogen-bond acceptors (Lipinski definition) is 5. The summed E-state index contributed by atoms with van der Waals surface area (Å²) < 4.78 is 0. The Bertz CT molecular complexity index is 744. The molecule has 5 heteroatoms. The van der Waals surface area contributed by atoms with Gasteiger partial charge in [-0.2, -0.15) is 0 Å². The third-order valence-electron chi connectivity index (χ3n) is 3.57. The molecule has 5 nitrogen and oxygen atoms in total. The Morgan fingerprint density at radius 1 is 0.952 bits per heavy atom. The number of para-hydroxylation sites is 1. The molecule has 1 unspecified atom stereocenters. The summed E-state index contributed by atoms with van der Waals surface area (Å²) in [5, 5.41) is 11.6. The van der Waals surface area contributed by atoms with Crippen molar-refractivity contribution in [3.63, 3.8) is 0 Å². The highest BCUT2D eigenvalue weighted by Crippen LogP contribution is 2.23. The van der Waals surface area contributed by atoms with E-state index in [4.69, 9.17) is 5.73 Å². The molecule has 0 aliphatic rings. The van der Waals surface area contributed by atoms with Crippen LogP contribution in [0.3, 0.4) is 0 Å². The minimum atomic E-state index is -0.439. The van der Waals surface area contributed by atoms with Gasteiger partial charge in [0.1, 0.15) is 5.52 Å². The Labute approximate surface area is 123 Å². The highest BCUT2D eigenvalue weighted by molar-refractivity contribution is 5.74. The molecule has 3 rings (SSSR count). The first-order valence-electron chi connectivity index (χ1n) is 6.84. The minimum absolute atomic E-state index is 0.424. The number of rotatable bonds is 4. The molecule has 0 fully saturated rings. The van der Waals surface area contributed by atoms with E-state index in [2.05, 4.69) is 20.5 Å². The smallest absolute Gasteiger partial charge is 0.244 e. The van der Waals surface area contributed by atoms with Gasteiger partial charge in [-0.3, -0.25) is 0 Å². The summed E-state index contributed by atoms with van der Waals surface area (Å²) in [7, 11) is 0. The number of benzene rings is 2. The molecule has 0 saturated carbocycles. The maximum Gasteiger partial charge on any atom is 0.244 e. The van der Waals surface area contributed by atoms with Gasteiger partial charge in [-0.1, -0.05) is 42.5 Å². The number of nitrogens with zero attached hydrogens (tertiary/aromatic N) is 3. The Morgan fingerprint density at radius 3 is 2.33 bits per heavy atom. The van der Waals surface area contributed by atoms with Gasteiger partial charge >= 0.3 is 0 Å². The molecule has 1 aromatic heterocycles. The first kappa shape index (κ1) is 13.5. The summed E-state index contributed by atoms with van der Waals surface area (Å²) in [6.45, 7) is 2.45. The summed E-state index contributed by atoms with van der Waals surface area (Å²) in [6, 6.07) is 17.7. The van der Waals surface area contributed by atoms with Gasteiger partial charge in [0.15, 0.2) is 0 Å². The lowest BCUT2D eigenvalue weighted by Gasteiger charge is -2.29. The zero-order chi connectivity index (χ0) is 14.7. The van der Waals surface area contributed by atoms with E-state index in [-0.39, 0.29) is 0 Å². The van der Waals surface area contributed by atoms with E-state index < -0.39 is 5.54 Å². The molecule has 2 aromatic carbocycles. The lowest BCUT2D eigenvalue weighted by atomic mass is 9.92. The van der Waals surface area contributed by atoms with Gasteiger partial charge in [0.2, 0.25) is 5.95 Å². The minimum Gasteiger partial charge on any atom is -0.342 e. The molecule has 106 valence electrons. The van der Waals surface area contributed by atoms with Crippen LogP contribution < -0.4 is 11.1 Å². The number of anilines is 1. The van der Waals surface area contributed by atoms with Crippen LogP contribution in [-0.4, -0.2) is 21.7 Å². The molecule has 1 heterocycles. The van der Waals surface area contributed by atoms with Crippen LogP contribution in [0.15, 0.2) is 54.6 Å². The molecule has 1 atom stereocenters. The predicted molar refractivity (Wildman–Crippen MR) is 83.8 cm³/mol. The van der Waals surface area contributed by atoms with Crippen molar-refractivity contribution in [2.75, 3.05) is 11.9 Å². The molecule has 0 aliphatic heterocycles. The van der Waals surface area contributed by atoms with E-state index in [9.17, 15) is 0 Å². The van der Waals surface area contributed by atoms with E-state index in [0.29, 0.717) is 12.5 Å². The average Bonchev–Trinajstić information content (AvgIpc) is 2.55. The maximum absolute atomic E-state index is 5.96. The van der Waals surface area contributed by atoms with Gasteiger partial charge in [0.25, 0.3) is 0 Å². The summed E-state index contributed by atoms with van der Waals surface area (Å²) in [5.41, 5.74) is 8.19. The van der Waals surface area contributed by atoms with Gasteiger partial charge in [0, 0.05) is 6.54 Å². The first-order valence-corrected chi connectivity index (χ1v) is 6.84. The van der Waals surface area contributed by atoms with Crippen molar-refractivity contribution < 1.29 is 0 Å². The van der Waals surface area contributed by atoms with E-state index >= 15 is 0 Å². The summed E-state index contributed by atoms with van der Waals surface area (Å²) in [6.07, 6.45) is 0. The third-order valence-corrected chi connectivity index (χ3v) is 3.57. The van der Waals surface area contributed by atoms with Gasteiger partial charge < -0.3 is 11.1 Å². The number of fused-ring (bicyclic) bond motifs is 1. The molecule has 0 spiro atoms. The normalized spacial score (nSPS) is 13.8. The van der Waals surface area contributed by atoms with Crippen molar-refractivity contribution in [2.45, 2.75) is 12.5 Å². The van der Waals surface area contributed by atoms with Crippen molar-refractivity contribution in [1.82, 2.24) is 15.2 Å². The molecular formula is C16H17N5. The second kappa shape index (κ2) is 5.46. The fourth-order valence-electron chi connectivity index (χ4n) is 2.23. The van der Waals surface area contributed by atoms with Crippen molar-refractivity contribution in [1.29, 1.82) is 0 Å². The Morgan fingerprint density at radius 2 is 1.62 bits per heavy atom. The molecule has 3 N–H and O–H groups in total. The highest BCUT2D eigenvalue weighted by atomic mass is 15.3. The lowest BCUT2D eigenvalue weighted by molar-refractivity contribution is 0.549. The van der Waals surface area contributed by atoms with E-state index in [1.807, 2.05) is 61.5 Å². The molecule has 0 amide bonds. The second-order valence-corrected chi connectivity index (χ2v) is 5.15. The zero-order valence-corrected chi connectivity index (χ0v) is 11.8. The first-order chi connectivity index (χ1) is 10.2. The van der Waals surface area contributed by atoms with E-state index in [1.54, 1.807) is 0 Å². The van der Waals surface area contributed by atoms with Crippen molar-refractivity contribution >= 4 is 17.0 Å². The zero-order valence-electron chi connectivity index (χ0n) is 11.8. The number of nitrogens with two attached hydrogens (primary N) is 1. The second-order valence-electron chi connectivity index (χ2n) is 5.15.